The fraction of sp³-hybridized carbons (Fsp3) is 0.611. The minimum absolute atomic E-state index is 0.186. The second-order valence-corrected chi connectivity index (χ2v) is 6.45. The first-order chi connectivity index (χ1) is 10.5. The molecule has 1 aromatic rings. The zero-order valence-electron chi connectivity index (χ0n) is 13.7. The third kappa shape index (κ3) is 4.82. The molecule has 4 nitrogen and oxygen atoms in total. The van der Waals surface area contributed by atoms with Crippen molar-refractivity contribution in [1.82, 2.24) is 0 Å². The summed E-state index contributed by atoms with van der Waals surface area (Å²) in [5.74, 6) is 1.25. The largest absolute Gasteiger partial charge is 0.497 e. The van der Waals surface area contributed by atoms with Crippen molar-refractivity contribution < 1.29 is 19.0 Å². The molecule has 0 aliphatic carbocycles. The Hall–Kier alpha value is -1.39. The smallest absolute Gasteiger partial charge is 0.148 e. The molecule has 1 aromatic carbocycles. The Kier molecular flexibility index (Phi) is 5.98. The van der Waals surface area contributed by atoms with Crippen LogP contribution in [-0.4, -0.2) is 31.7 Å². The van der Waals surface area contributed by atoms with Crippen LogP contribution in [0.1, 0.15) is 38.7 Å². The molecule has 0 radical (unpaired) electrons. The molecule has 1 fully saturated rings. The summed E-state index contributed by atoms with van der Waals surface area (Å²) < 4.78 is 16.8. The average molecular weight is 306 g/mol. The van der Waals surface area contributed by atoms with Crippen molar-refractivity contribution >= 4 is 6.29 Å². The van der Waals surface area contributed by atoms with Gasteiger partial charge in [-0.15, -0.1) is 0 Å². The normalized spacial score (nSPS) is 25.9. The number of benzene rings is 1. The molecule has 0 spiro atoms. The third-order valence-electron chi connectivity index (χ3n) is 4.16. The van der Waals surface area contributed by atoms with Gasteiger partial charge in [-0.25, -0.2) is 0 Å². The monoisotopic (exact) mass is 306 g/mol. The predicted octanol–water partition coefficient (Wildman–Crippen LogP) is 3.37. The second kappa shape index (κ2) is 7.75. The molecular weight excluding hydrogens is 280 g/mol. The number of ether oxygens (including phenoxy) is 3. The molecule has 0 aromatic heterocycles. The number of carbonyl (C=O) groups is 1. The Balaban J connectivity index is 1.71. The predicted molar refractivity (Wildman–Crippen MR) is 85.0 cm³/mol. The van der Waals surface area contributed by atoms with Gasteiger partial charge in [0.2, 0.25) is 0 Å². The molecule has 0 saturated carbocycles. The van der Waals surface area contributed by atoms with Gasteiger partial charge in [0.25, 0.3) is 0 Å². The Morgan fingerprint density at radius 2 is 2.14 bits per heavy atom. The summed E-state index contributed by atoms with van der Waals surface area (Å²) >= 11 is 0. The maximum atomic E-state index is 10.8. The van der Waals surface area contributed by atoms with Crippen molar-refractivity contribution in [3.05, 3.63) is 29.8 Å². The van der Waals surface area contributed by atoms with Gasteiger partial charge in [0.1, 0.15) is 18.1 Å². The summed E-state index contributed by atoms with van der Waals surface area (Å²) in [5.41, 5.74) is 0.950. The van der Waals surface area contributed by atoms with Gasteiger partial charge < -0.3 is 19.0 Å². The molecule has 0 amide bonds. The molecule has 2 rings (SSSR count). The molecule has 22 heavy (non-hydrogen) atoms. The third-order valence-corrected chi connectivity index (χ3v) is 4.16. The van der Waals surface area contributed by atoms with E-state index in [4.69, 9.17) is 14.2 Å². The number of hydrogen-bond donors (Lipinski definition) is 0. The van der Waals surface area contributed by atoms with Crippen LogP contribution in [-0.2, 0) is 20.9 Å². The van der Waals surface area contributed by atoms with Crippen LogP contribution in [0.2, 0.25) is 0 Å². The zero-order chi connectivity index (χ0) is 16.0. The molecule has 1 aliphatic heterocycles. The molecule has 0 unspecified atom stereocenters. The Labute approximate surface area is 132 Å². The minimum atomic E-state index is -0.225. The van der Waals surface area contributed by atoms with Crippen LogP contribution in [0, 0.1) is 5.92 Å². The maximum absolute atomic E-state index is 10.8. The number of hydrogen-bond acceptors (Lipinski definition) is 4. The standard InChI is InChI=1S/C18H26O4/c1-14(10-18(2)9-8-17(11-19)22-18)12-21-13-15-4-6-16(20-3)7-5-15/h4-7,11,14,17H,8-10,12-13H2,1-3H3/t14-,17-,18-/m1/s1. The van der Waals surface area contributed by atoms with Gasteiger partial charge in [-0.2, -0.15) is 0 Å². The lowest BCUT2D eigenvalue weighted by atomic mass is 9.91. The van der Waals surface area contributed by atoms with Crippen molar-refractivity contribution in [3.8, 4) is 5.75 Å². The SMILES string of the molecule is COc1ccc(COC[C@H](C)C[C@@]2(C)CC[C@H](C=O)O2)cc1. The van der Waals surface area contributed by atoms with Crippen molar-refractivity contribution in [3.63, 3.8) is 0 Å². The second-order valence-electron chi connectivity index (χ2n) is 6.45. The Morgan fingerprint density at radius 3 is 2.73 bits per heavy atom. The molecule has 1 saturated heterocycles. The highest BCUT2D eigenvalue weighted by Crippen LogP contribution is 2.34. The number of aldehydes is 1. The van der Waals surface area contributed by atoms with Crippen LogP contribution in [0.15, 0.2) is 24.3 Å². The first kappa shape index (κ1) is 17.0. The summed E-state index contributed by atoms with van der Waals surface area (Å²) in [6, 6.07) is 7.91. The highest BCUT2D eigenvalue weighted by atomic mass is 16.5. The molecule has 4 heteroatoms. The Bertz CT molecular complexity index is 470. The molecule has 1 aliphatic rings. The van der Waals surface area contributed by atoms with E-state index in [2.05, 4.69) is 13.8 Å². The van der Waals surface area contributed by atoms with Crippen LogP contribution in [0.3, 0.4) is 0 Å². The lowest BCUT2D eigenvalue weighted by Gasteiger charge is -2.27. The zero-order valence-corrected chi connectivity index (χ0v) is 13.7. The maximum Gasteiger partial charge on any atom is 0.148 e. The van der Waals surface area contributed by atoms with Crippen molar-refractivity contribution in [2.24, 2.45) is 5.92 Å². The van der Waals surface area contributed by atoms with E-state index in [9.17, 15) is 4.79 Å². The van der Waals surface area contributed by atoms with Gasteiger partial charge in [0.15, 0.2) is 0 Å². The summed E-state index contributed by atoms with van der Waals surface area (Å²) in [5, 5.41) is 0. The van der Waals surface area contributed by atoms with Crippen LogP contribution in [0.4, 0.5) is 0 Å². The van der Waals surface area contributed by atoms with Crippen LogP contribution in [0.5, 0.6) is 5.75 Å². The van der Waals surface area contributed by atoms with E-state index in [1.165, 1.54) is 0 Å². The van der Waals surface area contributed by atoms with E-state index in [1.807, 2.05) is 24.3 Å². The van der Waals surface area contributed by atoms with E-state index >= 15 is 0 Å². The Morgan fingerprint density at radius 1 is 1.41 bits per heavy atom. The van der Waals surface area contributed by atoms with E-state index in [0.717, 1.165) is 36.9 Å². The van der Waals surface area contributed by atoms with Crippen molar-refractivity contribution in [1.29, 1.82) is 0 Å². The van der Waals surface area contributed by atoms with E-state index < -0.39 is 0 Å². The molecule has 3 atom stereocenters. The van der Waals surface area contributed by atoms with Crippen LogP contribution < -0.4 is 4.74 Å². The minimum Gasteiger partial charge on any atom is -0.497 e. The molecular formula is C18H26O4. The molecule has 1 heterocycles. The van der Waals surface area contributed by atoms with E-state index in [0.29, 0.717) is 19.1 Å². The summed E-state index contributed by atoms with van der Waals surface area (Å²) in [6.45, 7) is 5.55. The van der Waals surface area contributed by atoms with Gasteiger partial charge in [-0.05, 0) is 49.8 Å². The van der Waals surface area contributed by atoms with E-state index in [-0.39, 0.29) is 11.7 Å². The summed E-state index contributed by atoms with van der Waals surface area (Å²) in [4.78, 5) is 10.8. The van der Waals surface area contributed by atoms with E-state index in [1.54, 1.807) is 7.11 Å². The average Bonchev–Trinajstić information content (AvgIpc) is 2.89. The topological polar surface area (TPSA) is 44.8 Å². The van der Waals surface area contributed by atoms with Gasteiger partial charge in [0.05, 0.1) is 19.3 Å². The number of carbonyl (C=O) groups excluding carboxylic acids is 1. The van der Waals surface area contributed by atoms with Crippen molar-refractivity contribution in [2.75, 3.05) is 13.7 Å². The lowest BCUT2D eigenvalue weighted by Crippen LogP contribution is -2.29. The molecule has 122 valence electrons. The first-order valence-corrected chi connectivity index (χ1v) is 7.88. The van der Waals surface area contributed by atoms with Crippen LogP contribution in [0.25, 0.3) is 0 Å². The highest BCUT2D eigenvalue weighted by molar-refractivity contribution is 5.56. The first-order valence-electron chi connectivity index (χ1n) is 7.88. The van der Waals surface area contributed by atoms with Gasteiger partial charge in [-0.3, -0.25) is 0 Å². The quantitative estimate of drug-likeness (QED) is 0.691. The highest BCUT2D eigenvalue weighted by Gasteiger charge is 2.36. The summed E-state index contributed by atoms with van der Waals surface area (Å²) in [7, 11) is 1.66. The lowest BCUT2D eigenvalue weighted by molar-refractivity contribution is -0.123. The van der Waals surface area contributed by atoms with Gasteiger partial charge in [0, 0.05) is 6.61 Å². The fourth-order valence-electron chi connectivity index (χ4n) is 3.07. The van der Waals surface area contributed by atoms with Crippen LogP contribution >= 0.6 is 0 Å². The molecule has 0 N–H and O–H groups in total. The number of rotatable bonds is 8. The number of methoxy groups -OCH3 is 1. The van der Waals surface area contributed by atoms with Gasteiger partial charge in [-0.1, -0.05) is 19.1 Å². The summed E-state index contributed by atoms with van der Waals surface area (Å²) in [6.07, 6.45) is 3.38. The van der Waals surface area contributed by atoms with Crippen molar-refractivity contribution in [2.45, 2.75) is 51.4 Å². The van der Waals surface area contributed by atoms with Gasteiger partial charge >= 0.3 is 0 Å². The molecule has 0 bridgehead atoms. The fourth-order valence-corrected chi connectivity index (χ4v) is 3.07.